The highest BCUT2D eigenvalue weighted by atomic mass is 15.3. The Labute approximate surface area is 187 Å². The van der Waals surface area contributed by atoms with E-state index in [0.717, 1.165) is 59.8 Å². The summed E-state index contributed by atoms with van der Waals surface area (Å²) in [5.74, 6) is 0.827. The van der Waals surface area contributed by atoms with Crippen LogP contribution >= 0.6 is 0 Å². The zero-order chi connectivity index (χ0) is 21.8. The lowest BCUT2D eigenvalue weighted by atomic mass is 9.92. The highest BCUT2D eigenvalue weighted by Crippen LogP contribution is 2.27. The maximum Gasteiger partial charge on any atom is 0.178 e. The largest absolute Gasteiger partial charge is 0.366 e. The van der Waals surface area contributed by atoms with E-state index < -0.39 is 0 Å². The fourth-order valence-corrected chi connectivity index (χ4v) is 4.07. The van der Waals surface area contributed by atoms with Gasteiger partial charge in [-0.1, -0.05) is 24.3 Å². The third kappa shape index (κ3) is 4.63. The zero-order valence-electron chi connectivity index (χ0n) is 17.9. The second-order valence-electron chi connectivity index (χ2n) is 8.22. The van der Waals surface area contributed by atoms with Crippen molar-refractivity contribution in [2.24, 2.45) is 5.73 Å². The molecule has 0 bridgehead atoms. The predicted octanol–water partition coefficient (Wildman–Crippen LogP) is 4.72. The van der Waals surface area contributed by atoms with Gasteiger partial charge in [0.25, 0.3) is 0 Å². The Morgan fingerprint density at radius 2 is 1.75 bits per heavy atom. The standard InChI is InChI=1S/C25H27N7/c26-19-7-9-21(10-8-19)30-24-16-23(29-20-4-2-1-3-5-20)25-28-17-22(32(25)31-24)11-6-18-12-14-27-15-13-18/h1-6,11-17,19,21,29H,7-10,26H2,(H,30,31)/b11-6+. The lowest BCUT2D eigenvalue weighted by molar-refractivity contribution is 0.410. The molecule has 32 heavy (non-hydrogen) atoms. The van der Waals surface area contributed by atoms with Crippen molar-refractivity contribution in [3.05, 3.63) is 78.4 Å². The Morgan fingerprint density at radius 3 is 2.53 bits per heavy atom. The number of para-hydroxylation sites is 1. The third-order valence-electron chi connectivity index (χ3n) is 5.82. The van der Waals surface area contributed by atoms with Gasteiger partial charge in [-0.3, -0.25) is 4.98 Å². The van der Waals surface area contributed by atoms with E-state index in [9.17, 15) is 0 Å². The third-order valence-corrected chi connectivity index (χ3v) is 5.82. The highest BCUT2D eigenvalue weighted by Gasteiger charge is 2.20. The molecule has 3 aromatic heterocycles. The fourth-order valence-electron chi connectivity index (χ4n) is 4.07. The van der Waals surface area contributed by atoms with Gasteiger partial charge in [0.15, 0.2) is 5.65 Å². The van der Waals surface area contributed by atoms with E-state index in [1.165, 1.54) is 0 Å². The molecule has 162 valence electrons. The molecule has 1 aliphatic rings. The molecule has 1 fully saturated rings. The van der Waals surface area contributed by atoms with Crippen LogP contribution in [0.5, 0.6) is 0 Å². The minimum absolute atomic E-state index is 0.317. The van der Waals surface area contributed by atoms with Gasteiger partial charge < -0.3 is 16.4 Å². The maximum absolute atomic E-state index is 6.08. The molecule has 3 heterocycles. The lowest BCUT2D eigenvalue weighted by Gasteiger charge is -2.27. The number of benzene rings is 1. The van der Waals surface area contributed by atoms with Crippen LogP contribution < -0.4 is 16.4 Å². The molecule has 0 unspecified atom stereocenters. The molecule has 0 aliphatic heterocycles. The Morgan fingerprint density at radius 1 is 0.969 bits per heavy atom. The lowest BCUT2D eigenvalue weighted by Crippen LogP contribution is -2.33. The summed E-state index contributed by atoms with van der Waals surface area (Å²) in [6, 6.07) is 16.8. The molecule has 7 nitrogen and oxygen atoms in total. The van der Waals surface area contributed by atoms with Crippen molar-refractivity contribution < 1.29 is 0 Å². The number of hydrogen-bond donors (Lipinski definition) is 3. The average molecular weight is 426 g/mol. The number of nitrogens with one attached hydrogen (secondary N) is 2. The maximum atomic E-state index is 6.08. The first-order valence-corrected chi connectivity index (χ1v) is 11.1. The quantitative estimate of drug-likeness (QED) is 0.414. The van der Waals surface area contributed by atoms with E-state index in [4.69, 9.17) is 10.8 Å². The highest BCUT2D eigenvalue weighted by molar-refractivity contribution is 5.78. The Balaban J connectivity index is 1.50. The molecule has 5 rings (SSSR count). The van der Waals surface area contributed by atoms with Crippen molar-refractivity contribution in [2.45, 2.75) is 37.8 Å². The van der Waals surface area contributed by atoms with Crippen LogP contribution in [0.25, 0.3) is 17.8 Å². The summed E-state index contributed by atoms with van der Waals surface area (Å²) in [6.45, 7) is 0. The summed E-state index contributed by atoms with van der Waals surface area (Å²) in [4.78, 5) is 8.73. The molecule has 0 amide bonds. The predicted molar refractivity (Wildman–Crippen MR) is 130 cm³/mol. The molecular formula is C25H27N7. The number of fused-ring (bicyclic) bond motifs is 1. The molecule has 0 atom stereocenters. The van der Waals surface area contributed by atoms with Crippen LogP contribution in [-0.2, 0) is 0 Å². The number of nitrogens with zero attached hydrogens (tertiary/aromatic N) is 4. The minimum atomic E-state index is 0.317. The molecule has 7 heteroatoms. The van der Waals surface area contributed by atoms with Gasteiger partial charge in [-0.25, -0.2) is 9.50 Å². The van der Waals surface area contributed by atoms with Crippen LogP contribution in [0.15, 0.2) is 67.1 Å². The summed E-state index contributed by atoms with van der Waals surface area (Å²) < 4.78 is 1.89. The average Bonchev–Trinajstić information content (AvgIpc) is 3.24. The van der Waals surface area contributed by atoms with E-state index >= 15 is 0 Å². The molecule has 1 aliphatic carbocycles. The van der Waals surface area contributed by atoms with E-state index in [2.05, 4.69) is 20.6 Å². The summed E-state index contributed by atoms with van der Waals surface area (Å²) >= 11 is 0. The van der Waals surface area contributed by atoms with Crippen LogP contribution in [0.4, 0.5) is 17.2 Å². The first kappa shape index (κ1) is 20.2. The molecule has 1 aromatic carbocycles. The second kappa shape index (κ2) is 9.20. The molecule has 0 spiro atoms. The van der Waals surface area contributed by atoms with Crippen LogP contribution in [0.2, 0.25) is 0 Å². The monoisotopic (exact) mass is 425 g/mol. The number of pyridine rings is 1. The molecular weight excluding hydrogens is 398 g/mol. The Bertz CT molecular complexity index is 1190. The number of aromatic nitrogens is 4. The van der Waals surface area contributed by atoms with E-state index in [-0.39, 0.29) is 0 Å². The van der Waals surface area contributed by atoms with Crippen molar-refractivity contribution >= 4 is 35.0 Å². The minimum Gasteiger partial charge on any atom is -0.366 e. The van der Waals surface area contributed by atoms with Crippen molar-refractivity contribution in [2.75, 3.05) is 10.6 Å². The Hall–Kier alpha value is -3.71. The number of anilines is 3. The van der Waals surface area contributed by atoms with Gasteiger partial charge in [0.05, 0.1) is 17.6 Å². The van der Waals surface area contributed by atoms with Gasteiger partial charge in [-0.15, -0.1) is 5.10 Å². The first-order valence-electron chi connectivity index (χ1n) is 11.1. The van der Waals surface area contributed by atoms with Gasteiger partial charge >= 0.3 is 0 Å². The van der Waals surface area contributed by atoms with Gasteiger partial charge in [0, 0.05) is 36.2 Å². The number of rotatable bonds is 6. The fraction of sp³-hybridized carbons (Fsp3) is 0.240. The Kier molecular flexibility index (Phi) is 5.81. The normalized spacial score (nSPS) is 18.8. The number of hydrogen-bond acceptors (Lipinski definition) is 6. The van der Waals surface area contributed by atoms with Gasteiger partial charge in [-0.05, 0) is 61.6 Å². The zero-order valence-corrected chi connectivity index (χ0v) is 17.9. The second-order valence-corrected chi connectivity index (χ2v) is 8.22. The van der Waals surface area contributed by atoms with Crippen molar-refractivity contribution in [3.63, 3.8) is 0 Å². The molecule has 0 radical (unpaired) electrons. The van der Waals surface area contributed by atoms with Crippen LogP contribution in [0, 0.1) is 0 Å². The van der Waals surface area contributed by atoms with Gasteiger partial charge in [0.1, 0.15) is 5.82 Å². The summed E-state index contributed by atoms with van der Waals surface area (Å²) in [5, 5.41) is 12.0. The van der Waals surface area contributed by atoms with Crippen molar-refractivity contribution in [3.8, 4) is 0 Å². The van der Waals surface area contributed by atoms with Crippen LogP contribution in [-0.4, -0.2) is 31.7 Å². The molecule has 4 aromatic rings. The summed E-state index contributed by atoms with van der Waals surface area (Å²) in [6.07, 6.45) is 13.7. The molecule has 4 N–H and O–H groups in total. The molecule has 0 saturated heterocycles. The van der Waals surface area contributed by atoms with E-state index in [1.807, 2.05) is 71.4 Å². The first-order chi connectivity index (χ1) is 15.7. The van der Waals surface area contributed by atoms with Crippen LogP contribution in [0.3, 0.4) is 0 Å². The van der Waals surface area contributed by atoms with Crippen molar-refractivity contribution in [1.82, 2.24) is 19.6 Å². The summed E-state index contributed by atoms with van der Waals surface area (Å²) in [7, 11) is 0. The van der Waals surface area contributed by atoms with E-state index in [1.54, 1.807) is 12.4 Å². The smallest absolute Gasteiger partial charge is 0.178 e. The number of imidazole rings is 1. The number of nitrogens with two attached hydrogens (primary N) is 1. The molecule has 1 saturated carbocycles. The van der Waals surface area contributed by atoms with Crippen molar-refractivity contribution in [1.29, 1.82) is 0 Å². The van der Waals surface area contributed by atoms with Gasteiger partial charge in [-0.2, -0.15) is 0 Å². The van der Waals surface area contributed by atoms with E-state index in [0.29, 0.717) is 12.1 Å². The topological polar surface area (TPSA) is 93.2 Å². The van der Waals surface area contributed by atoms with Crippen LogP contribution in [0.1, 0.15) is 36.9 Å². The van der Waals surface area contributed by atoms with Gasteiger partial charge in [0.2, 0.25) is 0 Å². The summed E-state index contributed by atoms with van der Waals surface area (Å²) in [5.41, 5.74) is 10.8. The SMILES string of the molecule is NC1CCC(Nc2cc(Nc3ccccc3)c3ncc(/C=C/c4ccncc4)n3n2)CC1.